The molecule has 5 nitrogen and oxygen atoms in total. The van der Waals surface area contributed by atoms with Crippen LogP contribution in [-0.4, -0.2) is 26.6 Å². The highest BCUT2D eigenvalue weighted by molar-refractivity contribution is 7.92. The average Bonchev–Trinajstić information content (AvgIpc) is 2.60. The summed E-state index contributed by atoms with van der Waals surface area (Å²) in [6, 6.07) is 13.0. The van der Waals surface area contributed by atoms with Crippen LogP contribution in [0.2, 0.25) is 5.02 Å². The summed E-state index contributed by atoms with van der Waals surface area (Å²) < 4.78 is 25.9. The van der Waals surface area contributed by atoms with Crippen molar-refractivity contribution in [2.75, 3.05) is 15.9 Å². The Labute approximate surface area is 160 Å². The lowest BCUT2D eigenvalue weighted by molar-refractivity contribution is -0.117. The van der Waals surface area contributed by atoms with E-state index < -0.39 is 16.1 Å². The Morgan fingerprint density at radius 2 is 1.65 bits per heavy atom. The molecule has 1 amide bonds. The topological polar surface area (TPSA) is 66.5 Å². The number of nitrogens with one attached hydrogen (secondary N) is 1. The van der Waals surface area contributed by atoms with Crippen LogP contribution in [0.5, 0.6) is 0 Å². The van der Waals surface area contributed by atoms with E-state index in [0.29, 0.717) is 22.8 Å². The second kappa shape index (κ2) is 8.56. The smallest absolute Gasteiger partial charge is 0.248 e. The quantitative estimate of drug-likeness (QED) is 0.769. The number of hydrogen-bond donors (Lipinski definition) is 1. The Bertz CT molecular complexity index is 849. The minimum Gasteiger partial charge on any atom is -0.324 e. The van der Waals surface area contributed by atoms with E-state index in [9.17, 15) is 13.2 Å². The van der Waals surface area contributed by atoms with Gasteiger partial charge in [0.1, 0.15) is 6.04 Å². The van der Waals surface area contributed by atoms with Crippen molar-refractivity contribution in [1.82, 2.24) is 0 Å². The van der Waals surface area contributed by atoms with E-state index in [1.807, 2.05) is 24.3 Å². The van der Waals surface area contributed by atoms with E-state index in [4.69, 9.17) is 11.6 Å². The molecule has 140 valence electrons. The molecule has 0 heterocycles. The van der Waals surface area contributed by atoms with Gasteiger partial charge in [-0.2, -0.15) is 0 Å². The van der Waals surface area contributed by atoms with Gasteiger partial charge >= 0.3 is 0 Å². The van der Waals surface area contributed by atoms with Gasteiger partial charge in [0.15, 0.2) is 0 Å². The van der Waals surface area contributed by atoms with Crippen molar-refractivity contribution < 1.29 is 13.2 Å². The lowest BCUT2D eigenvalue weighted by Crippen LogP contribution is -2.46. The summed E-state index contributed by atoms with van der Waals surface area (Å²) >= 11 is 5.89. The van der Waals surface area contributed by atoms with Gasteiger partial charge in [0.05, 0.1) is 11.9 Å². The summed E-state index contributed by atoms with van der Waals surface area (Å²) in [5.41, 5.74) is 2.20. The molecule has 26 heavy (non-hydrogen) atoms. The SMILES string of the molecule is CCc1ccc(NC(=O)[C@@H](CC)N(c2ccc(Cl)cc2)S(C)(=O)=O)cc1. The van der Waals surface area contributed by atoms with Crippen LogP contribution in [-0.2, 0) is 21.2 Å². The van der Waals surface area contributed by atoms with Crippen molar-refractivity contribution in [3.05, 3.63) is 59.1 Å². The molecule has 0 unspecified atom stereocenters. The molecule has 2 rings (SSSR count). The fourth-order valence-electron chi connectivity index (χ4n) is 2.70. The van der Waals surface area contributed by atoms with E-state index in [1.54, 1.807) is 31.2 Å². The predicted octanol–water partition coefficient (Wildman–Crippen LogP) is 4.09. The van der Waals surface area contributed by atoms with E-state index >= 15 is 0 Å². The lowest BCUT2D eigenvalue weighted by atomic mass is 10.1. The monoisotopic (exact) mass is 394 g/mol. The van der Waals surface area contributed by atoms with Crippen molar-refractivity contribution in [1.29, 1.82) is 0 Å². The zero-order valence-electron chi connectivity index (χ0n) is 15.1. The summed E-state index contributed by atoms with van der Waals surface area (Å²) in [5, 5.41) is 3.30. The Morgan fingerprint density at radius 1 is 1.08 bits per heavy atom. The summed E-state index contributed by atoms with van der Waals surface area (Å²) in [4.78, 5) is 12.8. The van der Waals surface area contributed by atoms with Gasteiger partial charge in [-0.3, -0.25) is 9.10 Å². The number of carbonyl (C=O) groups is 1. The molecule has 1 N–H and O–H groups in total. The first-order valence-electron chi connectivity index (χ1n) is 8.41. The second-order valence-electron chi connectivity index (χ2n) is 6.00. The third-order valence-electron chi connectivity index (χ3n) is 4.04. The van der Waals surface area contributed by atoms with Crippen LogP contribution in [0.3, 0.4) is 0 Å². The highest BCUT2D eigenvalue weighted by Gasteiger charge is 2.31. The zero-order valence-corrected chi connectivity index (χ0v) is 16.6. The molecule has 0 aliphatic carbocycles. The van der Waals surface area contributed by atoms with Crippen LogP contribution in [0.25, 0.3) is 0 Å². The molecule has 0 radical (unpaired) electrons. The van der Waals surface area contributed by atoms with Crippen LogP contribution in [0.1, 0.15) is 25.8 Å². The summed E-state index contributed by atoms with van der Waals surface area (Å²) in [5.74, 6) is -0.378. The van der Waals surface area contributed by atoms with Gasteiger partial charge in [0, 0.05) is 10.7 Å². The summed E-state index contributed by atoms with van der Waals surface area (Å²) in [7, 11) is -3.66. The van der Waals surface area contributed by atoms with E-state index in [2.05, 4.69) is 12.2 Å². The normalized spacial score (nSPS) is 12.5. The predicted molar refractivity (Wildman–Crippen MR) is 107 cm³/mol. The molecule has 0 aromatic heterocycles. The maximum absolute atomic E-state index is 12.8. The number of hydrogen-bond acceptors (Lipinski definition) is 3. The fourth-order valence-corrected chi connectivity index (χ4v) is 4.04. The number of carbonyl (C=O) groups excluding carboxylic acids is 1. The minimum atomic E-state index is -3.66. The molecule has 0 fully saturated rings. The number of aryl methyl sites for hydroxylation is 1. The maximum Gasteiger partial charge on any atom is 0.248 e. The molecule has 1 atom stereocenters. The highest BCUT2D eigenvalue weighted by Crippen LogP contribution is 2.25. The Hall–Kier alpha value is -2.05. The van der Waals surface area contributed by atoms with Crippen molar-refractivity contribution in [2.24, 2.45) is 0 Å². The molecule has 0 aliphatic rings. The third kappa shape index (κ3) is 4.99. The third-order valence-corrected chi connectivity index (χ3v) is 5.47. The number of nitrogens with zero attached hydrogens (tertiary/aromatic N) is 1. The Balaban J connectivity index is 2.31. The van der Waals surface area contributed by atoms with Crippen molar-refractivity contribution in [2.45, 2.75) is 32.7 Å². The van der Waals surface area contributed by atoms with Gasteiger partial charge in [0.2, 0.25) is 15.9 Å². The molecule has 0 spiro atoms. The number of sulfonamides is 1. The number of rotatable bonds is 7. The number of anilines is 2. The Kier molecular flexibility index (Phi) is 6.67. The summed E-state index contributed by atoms with van der Waals surface area (Å²) in [6.07, 6.45) is 2.33. The molecular formula is C19H23ClN2O3S. The minimum absolute atomic E-state index is 0.328. The Morgan fingerprint density at radius 3 is 2.12 bits per heavy atom. The average molecular weight is 395 g/mol. The highest BCUT2D eigenvalue weighted by atomic mass is 35.5. The summed E-state index contributed by atoms with van der Waals surface area (Å²) in [6.45, 7) is 3.83. The van der Waals surface area contributed by atoms with Crippen molar-refractivity contribution in [3.8, 4) is 0 Å². The van der Waals surface area contributed by atoms with E-state index in [-0.39, 0.29) is 5.91 Å². The molecular weight excluding hydrogens is 372 g/mol. The van der Waals surface area contributed by atoms with Gasteiger partial charge in [-0.25, -0.2) is 8.42 Å². The molecule has 2 aromatic carbocycles. The number of benzene rings is 2. The first-order chi connectivity index (χ1) is 12.3. The van der Waals surface area contributed by atoms with Gasteiger partial charge in [-0.05, 0) is 54.8 Å². The van der Waals surface area contributed by atoms with Crippen LogP contribution in [0, 0.1) is 0 Å². The number of halogens is 1. The van der Waals surface area contributed by atoms with Crippen LogP contribution >= 0.6 is 11.6 Å². The largest absolute Gasteiger partial charge is 0.324 e. The number of amides is 1. The van der Waals surface area contributed by atoms with Crippen molar-refractivity contribution >= 4 is 38.9 Å². The molecule has 0 aliphatic heterocycles. The first kappa shape index (κ1) is 20.3. The van der Waals surface area contributed by atoms with Gasteiger partial charge in [-0.1, -0.05) is 37.6 Å². The fraction of sp³-hybridized carbons (Fsp3) is 0.316. The maximum atomic E-state index is 12.8. The molecule has 0 saturated carbocycles. The van der Waals surface area contributed by atoms with Crippen LogP contribution in [0.4, 0.5) is 11.4 Å². The van der Waals surface area contributed by atoms with Crippen LogP contribution < -0.4 is 9.62 Å². The van der Waals surface area contributed by atoms with Gasteiger partial charge in [-0.15, -0.1) is 0 Å². The zero-order chi connectivity index (χ0) is 19.3. The first-order valence-corrected chi connectivity index (χ1v) is 10.6. The van der Waals surface area contributed by atoms with Crippen LogP contribution in [0.15, 0.2) is 48.5 Å². The van der Waals surface area contributed by atoms with Crippen molar-refractivity contribution in [3.63, 3.8) is 0 Å². The molecule has 0 bridgehead atoms. The molecule has 7 heteroatoms. The molecule has 2 aromatic rings. The standard InChI is InChI=1S/C19H23ClN2O3S/c1-4-14-6-10-16(11-7-14)21-19(23)18(5-2)22(26(3,24)25)17-12-8-15(20)9-13-17/h6-13,18H,4-5H2,1-3H3,(H,21,23)/t18-/m1/s1. The van der Waals surface area contributed by atoms with E-state index in [0.717, 1.165) is 22.5 Å². The lowest BCUT2D eigenvalue weighted by Gasteiger charge is -2.30. The van der Waals surface area contributed by atoms with E-state index in [1.165, 1.54) is 0 Å². The molecule has 0 saturated heterocycles. The second-order valence-corrected chi connectivity index (χ2v) is 8.29. The van der Waals surface area contributed by atoms with Gasteiger partial charge < -0.3 is 5.32 Å². The van der Waals surface area contributed by atoms with Gasteiger partial charge in [0.25, 0.3) is 0 Å².